The van der Waals surface area contributed by atoms with Crippen LogP contribution >= 0.6 is 23.4 Å². The SMILES string of the molecule is COP(=O)(CN(CCc1ccc(O[P+](=O)N(C)Cc2ccc(O)cc2)cc1)CP(=O)(OC)OC)OC. The molecule has 11 nitrogen and oxygen atoms in total. The summed E-state index contributed by atoms with van der Waals surface area (Å²) in [6.45, 7) is 0.764. The van der Waals surface area contributed by atoms with E-state index in [1.54, 1.807) is 53.0 Å². The predicted molar refractivity (Wildman–Crippen MR) is 138 cm³/mol. The van der Waals surface area contributed by atoms with E-state index in [4.69, 9.17) is 22.6 Å². The fraction of sp³-hybridized carbons (Fsp3) is 0.455. The molecule has 0 aliphatic rings. The van der Waals surface area contributed by atoms with Gasteiger partial charge in [-0.05, 0) is 41.8 Å². The number of aromatic hydroxyl groups is 1. The highest BCUT2D eigenvalue weighted by atomic mass is 31.2. The van der Waals surface area contributed by atoms with E-state index < -0.39 is 23.4 Å². The van der Waals surface area contributed by atoms with Crippen LogP contribution in [-0.2, 0) is 44.8 Å². The molecule has 0 fully saturated rings. The Balaban J connectivity index is 1.98. The molecule has 14 heteroatoms. The molecule has 200 valence electrons. The molecule has 1 unspecified atom stereocenters. The maximum Gasteiger partial charge on any atom is 0.666 e. The normalized spacial score (nSPS) is 12.8. The summed E-state index contributed by atoms with van der Waals surface area (Å²) in [5.41, 5.74) is 1.81. The van der Waals surface area contributed by atoms with Gasteiger partial charge in [0.1, 0.15) is 18.3 Å². The summed E-state index contributed by atoms with van der Waals surface area (Å²) in [4.78, 5) is 1.65. The molecule has 0 saturated heterocycles. The van der Waals surface area contributed by atoms with E-state index in [1.807, 2.05) is 12.1 Å². The third kappa shape index (κ3) is 9.67. The van der Waals surface area contributed by atoms with Crippen LogP contribution in [0.15, 0.2) is 48.5 Å². The minimum absolute atomic E-state index is 0.0915. The lowest BCUT2D eigenvalue weighted by atomic mass is 10.1. The molecule has 2 aromatic rings. The number of benzene rings is 2. The molecule has 0 spiro atoms. The van der Waals surface area contributed by atoms with Crippen LogP contribution in [-0.4, -0.2) is 69.3 Å². The highest BCUT2D eigenvalue weighted by Crippen LogP contribution is 2.51. The number of rotatable bonds is 16. The van der Waals surface area contributed by atoms with Crippen LogP contribution in [0.1, 0.15) is 11.1 Å². The van der Waals surface area contributed by atoms with Gasteiger partial charge >= 0.3 is 23.4 Å². The number of phenolic OH excluding ortho intramolecular Hbond substituents is 1. The molecule has 0 aliphatic carbocycles. The standard InChI is InChI=1S/C22H33N2O9P3/c1-23(16-20-6-10-21(25)11-7-20)34(26)33-22-12-8-19(9-13-22)14-15-24(17-35(27,29-2)30-3)18-36(28,31-4)32-5/h6-13H,14-18H2,1-5H3/p+1. The van der Waals surface area contributed by atoms with Gasteiger partial charge in [-0.1, -0.05) is 28.9 Å². The summed E-state index contributed by atoms with van der Waals surface area (Å²) in [5, 5.41) is 9.38. The van der Waals surface area contributed by atoms with Crippen LogP contribution in [0.2, 0.25) is 0 Å². The average molecular weight is 563 g/mol. The Morgan fingerprint density at radius 2 is 1.28 bits per heavy atom. The van der Waals surface area contributed by atoms with Gasteiger partial charge in [0, 0.05) is 46.6 Å². The summed E-state index contributed by atoms with van der Waals surface area (Å²) in [6, 6.07) is 13.7. The Hall–Kier alpha value is -1.64. The molecule has 0 saturated carbocycles. The van der Waals surface area contributed by atoms with Crippen molar-refractivity contribution in [2.24, 2.45) is 0 Å². The van der Waals surface area contributed by atoms with Gasteiger partial charge in [0.25, 0.3) is 0 Å². The van der Waals surface area contributed by atoms with E-state index >= 15 is 0 Å². The molecule has 1 N–H and O–H groups in total. The molecule has 36 heavy (non-hydrogen) atoms. The van der Waals surface area contributed by atoms with Crippen molar-refractivity contribution in [3.8, 4) is 11.5 Å². The van der Waals surface area contributed by atoms with E-state index in [2.05, 4.69) is 0 Å². The van der Waals surface area contributed by atoms with Crippen molar-refractivity contribution in [3.05, 3.63) is 59.7 Å². The first-order valence-corrected chi connectivity index (χ1v) is 15.5. The number of nitrogens with zero attached hydrogens (tertiary/aromatic N) is 2. The van der Waals surface area contributed by atoms with Crippen LogP contribution < -0.4 is 4.52 Å². The van der Waals surface area contributed by atoms with Crippen LogP contribution in [0, 0.1) is 0 Å². The summed E-state index contributed by atoms with van der Waals surface area (Å²) in [5.74, 6) is 0.615. The van der Waals surface area contributed by atoms with Gasteiger partial charge in [0.15, 0.2) is 5.75 Å². The van der Waals surface area contributed by atoms with Crippen molar-refractivity contribution in [2.45, 2.75) is 13.0 Å². The van der Waals surface area contributed by atoms with Gasteiger partial charge in [-0.3, -0.25) is 14.0 Å². The lowest BCUT2D eigenvalue weighted by molar-refractivity contribution is 0.224. The Morgan fingerprint density at radius 3 is 1.75 bits per heavy atom. The van der Waals surface area contributed by atoms with Gasteiger partial charge in [0.2, 0.25) is 0 Å². The Labute approximate surface area is 213 Å². The molecule has 0 aromatic heterocycles. The quantitative estimate of drug-likeness (QED) is 0.268. The van der Waals surface area contributed by atoms with Crippen molar-refractivity contribution in [1.82, 2.24) is 9.57 Å². The maximum atomic E-state index is 12.7. The molecule has 0 aliphatic heterocycles. The summed E-state index contributed by atoms with van der Waals surface area (Å²) >= 11 is 0. The van der Waals surface area contributed by atoms with Crippen molar-refractivity contribution in [2.75, 3.05) is 54.6 Å². The molecule has 2 aromatic carbocycles. The van der Waals surface area contributed by atoms with Crippen LogP contribution in [0.25, 0.3) is 0 Å². The van der Waals surface area contributed by atoms with Gasteiger partial charge in [-0.25, -0.2) is 4.52 Å². The van der Waals surface area contributed by atoms with Crippen molar-refractivity contribution in [3.63, 3.8) is 0 Å². The van der Waals surface area contributed by atoms with Crippen molar-refractivity contribution >= 4 is 23.4 Å². The lowest BCUT2D eigenvalue weighted by Gasteiger charge is -2.27. The van der Waals surface area contributed by atoms with Crippen molar-refractivity contribution in [1.29, 1.82) is 0 Å². The van der Waals surface area contributed by atoms with E-state index in [0.717, 1.165) is 11.1 Å². The van der Waals surface area contributed by atoms with Crippen LogP contribution in [0.4, 0.5) is 0 Å². The van der Waals surface area contributed by atoms with Gasteiger partial charge in [-0.15, -0.1) is 0 Å². The van der Waals surface area contributed by atoms with Crippen molar-refractivity contribution < 1.29 is 41.4 Å². The summed E-state index contributed by atoms with van der Waals surface area (Å²) < 4.78 is 65.1. The smallest absolute Gasteiger partial charge is 0.508 e. The number of hydrogen-bond acceptors (Lipinski definition) is 10. The summed E-state index contributed by atoms with van der Waals surface area (Å²) in [7, 11) is -2.07. The second-order valence-electron chi connectivity index (χ2n) is 7.83. The van der Waals surface area contributed by atoms with Crippen LogP contribution in [0.5, 0.6) is 11.5 Å². The highest BCUT2D eigenvalue weighted by Gasteiger charge is 2.32. The highest BCUT2D eigenvalue weighted by molar-refractivity contribution is 7.54. The second-order valence-corrected chi connectivity index (χ2v) is 13.6. The third-order valence-corrected chi connectivity index (χ3v) is 10.1. The van der Waals surface area contributed by atoms with Gasteiger partial charge < -0.3 is 23.2 Å². The molecule has 0 amide bonds. The van der Waals surface area contributed by atoms with E-state index in [1.165, 1.54) is 28.4 Å². The third-order valence-electron chi connectivity index (χ3n) is 5.31. The molecule has 1 atom stereocenters. The fourth-order valence-corrected chi connectivity index (χ4v) is 6.24. The minimum atomic E-state index is -3.40. The monoisotopic (exact) mass is 563 g/mol. The molecular formula is C22H34N2O9P3+. The molecule has 0 radical (unpaired) electrons. The summed E-state index contributed by atoms with van der Waals surface area (Å²) in [6.07, 6.45) is 0.339. The fourth-order valence-electron chi connectivity index (χ4n) is 3.14. The second kappa shape index (κ2) is 14.3. The van der Waals surface area contributed by atoms with E-state index in [-0.39, 0.29) is 18.3 Å². The first-order valence-electron chi connectivity index (χ1n) is 10.9. The Kier molecular flexibility index (Phi) is 12.2. The Morgan fingerprint density at radius 1 is 0.806 bits per heavy atom. The zero-order valence-electron chi connectivity index (χ0n) is 21.1. The average Bonchev–Trinajstić information content (AvgIpc) is 2.89. The zero-order chi connectivity index (χ0) is 26.8. The first kappa shape index (κ1) is 30.6. The van der Waals surface area contributed by atoms with E-state index in [0.29, 0.717) is 25.3 Å². The Bertz CT molecular complexity index is 1020. The molecule has 2 rings (SSSR count). The topological polar surface area (TPSA) is 124 Å². The number of hydrogen-bond donors (Lipinski definition) is 1. The van der Waals surface area contributed by atoms with Gasteiger partial charge in [-0.2, -0.15) is 0 Å². The first-order chi connectivity index (χ1) is 17.0. The maximum absolute atomic E-state index is 12.7. The lowest BCUT2D eigenvalue weighted by Crippen LogP contribution is -2.29. The number of phenols is 1. The zero-order valence-corrected chi connectivity index (χ0v) is 23.8. The largest absolute Gasteiger partial charge is 0.666 e. The molecular weight excluding hydrogens is 529 g/mol. The molecule has 0 heterocycles. The van der Waals surface area contributed by atoms with E-state index in [9.17, 15) is 18.8 Å². The van der Waals surface area contributed by atoms with Crippen LogP contribution in [0.3, 0.4) is 0 Å². The minimum Gasteiger partial charge on any atom is -0.508 e. The molecule has 0 bridgehead atoms. The van der Waals surface area contributed by atoms with Gasteiger partial charge in [0.05, 0.1) is 6.54 Å². The predicted octanol–water partition coefficient (Wildman–Crippen LogP) is 5.29.